The first kappa shape index (κ1) is 19.4. The van der Waals surface area contributed by atoms with Crippen molar-refractivity contribution in [1.82, 2.24) is 9.78 Å². The Balaban J connectivity index is 1.79. The van der Waals surface area contributed by atoms with Crippen molar-refractivity contribution in [2.75, 3.05) is 19.5 Å². The highest BCUT2D eigenvalue weighted by Gasteiger charge is 2.16. The molecule has 0 aliphatic rings. The van der Waals surface area contributed by atoms with E-state index in [0.29, 0.717) is 27.8 Å². The van der Waals surface area contributed by atoms with Gasteiger partial charge in [-0.1, -0.05) is 11.6 Å². The standard InChI is InChI=1S/C18H15ClFN3O5/c1-26-14-8-13(15(27-2)7-12(14)19)21-16(24)9-23-18(25)28-17(22-23)10-3-5-11(20)6-4-10/h3-8H,9H2,1-2H3,(H,21,24). The Morgan fingerprint density at radius 2 is 1.89 bits per heavy atom. The van der Waals surface area contributed by atoms with E-state index in [9.17, 15) is 14.0 Å². The predicted octanol–water partition coefficient (Wildman–Crippen LogP) is 2.95. The van der Waals surface area contributed by atoms with Crippen molar-refractivity contribution < 1.29 is 23.1 Å². The first-order valence-corrected chi connectivity index (χ1v) is 8.34. The maximum atomic E-state index is 13.0. The number of hydrogen-bond donors (Lipinski definition) is 1. The Labute approximate surface area is 163 Å². The largest absolute Gasteiger partial charge is 0.495 e. The number of carbonyl (C=O) groups is 1. The molecule has 1 aromatic heterocycles. The topological polar surface area (TPSA) is 95.6 Å². The van der Waals surface area contributed by atoms with Crippen molar-refractivity contribution >= 4 is 23.2 Å². The number of methoxy groups -OCH3 is 2. The molecule has 146 valence electrons. The molecule has 1 N–H and O–H groups in total. The van der Waals surface area contributed by atoms with Crippen molar-refractivity contribution in [2.45, 2.75) is 6.54 Å². The lowest BCUT2D eigenvalue weighted by atomic mass is 10.2. The number of rotatable bonds is 6. The van der Waals surface area contributed by atoms with Crippen molar-refractivity contribution in [2.24, 2.45) is 0 Å². The third-order valence-electron chi connectivity index (χ3n) is 3.74. The van der Waals surface area contributed by atoms with Crippen molar-refractivity contribution in [3.05, 3.63) is 57.8 Å². The van der Waals surface area contributed by atoms with Crippen LogP contribution in [0.4, 0.5) is 10.1 Å². The fraction of sp³-hybridized carbons (Fsp3) is 0.167. The fourth-order valence-electron chi connectivity index (χ4n) is 2.40. The normalized spacial score (nSPS) is 10.6. The van der Waals surface area contributed by atoms with Crippen LogP contribution in [0.25, 0.3) is 11.5 Å². The van der Waals surface area contributed by atoms with E-state index in [1.54, 1.807) is 0 Å². The zero-order valence-electron chi connectivity index (χ0n) is 14.9. The molecule has 0 saturated carbocycles. The molecule has 1 amide bonds. The first-order chi connectivity index (χ1) is 13.4. The van der Waals surface area contributed by atoms with Crippen LogP contribution in [-0.4, -0.2) is 29.9 Å². The van der Waals surface area contributed by atoms with E-state index < -0.39 is 24.0 Å². The highest BCUT2D eigenvalue weighted by molar-refractivity contribution is 6.32. The second-order valence-electron chi connectivity index (χ2n) is 5.57. The van der Waals surface area contributed by atoms with E-state index in [4.69, 9.17) is 25.5 Å². The van der Waals surface area contributed by atoms with Gasteiger partial charge in [-0.25, -0.2) is 9.18 Å². The molecule has 0 unspecified atom stereocenters. The van der Waals surface area contributed by atoms with Crippen LogP contribution in [0.1, 0.15) is 0 Å². The van der Waals surface area contributed by atoms with Gasteiger partial charge in [-0.2, -0.15) is 4.68 Å². The fourth-order valence-corrected chi connectivity index (χ4v) is 2.63. The number of carbonyl (C=O) groups excluding carboxylic acids is 1. The highest BCUT2D eigenvalue weighted by atomic mass is 35.5. The zero-order chi connectivity index (χ0) is 20.3. The zero-order valence-corrected chi connectivity index (χ0v) is 15.6. The molecule has 3 rings (SSSR count). The van der Waals surface area contributed by atoms with Crippen molar-refractivity contribution in [1.29, 1.82) is 0 Å². The molecule has 1 heterocycles. The van der Waals surface area contributed by atoms with E-state index in [2.05, 4.69) is 10.4 Å². The van der Waals surface area contributed by atoms with Gasteiger partial charge in [0.25, 0.3) is 0 Å². The van der Waals surface area contributed by atoms with Gasteiger partial charge < -0.3 is 19.2 Å². The third-order valence-corrected chi connectivity index (χ3v) is 4.03. The lowest BCUT2D eigenvalue weighted by Crippen LogP contribution is -2.26. The molecule has 0 radical (unpaired) electrons. The van der Waals surface area contributed by atoms with Gasteiger partial charge in [-0.3, -0.25) is 4.79 Å². The molecule has 0 saturated heterocycles. The van der Waals surface area contributed by atoms with E-state index in [0.717, 1.165) is 4.68 Å². The Kier molecular flexibility index (Phi) is 5.65. The smallest absolute Gasteiger partial charge is 0.437 e. The first-order valence-electron chi connectivity index (χ1n) is 7.96. The number of benzene rings is 2. The average Bonchev–Trinajstić information content (AvgIpc) is 3.03. The number of ether oxygens (including phenoxy) is 2. The van der Waals surface area contributed by atoms with E-state index in [1.807, 2.05) is 0 Å². The molecule has 0 spiro atoms. The number of aromatic nitrogens is 2. The minimum Gasteiger partial charge on any atom is -0.495 e. The molecule has 0 aliphatic carbocycles. The van der Waals surface area contributed by atoms with Gasteiger partial charge in [0.15, 0.2) is 0 Å². The van der Waals surface area contributed by atoms with Gasteiger partial charge in [-0.05, 0) is 24.3 Å². The Hall–Kier alpha value is -3.33. The molecule has 3 aromatic rings. The molecule has 0 aliphatic heterocycles. The van der Waals surface area contributed by atoms with Gasteiger partial charge in [0.1, 0.15) is 23.9 Å². The van der Waals surface area contributed by atoms with Crippen molar-refractivity contribution in [3.8, 4) is 23.0 Å². The van der Waals surface area contributed by atoms with Crippen LogP contribution in [0.15, 0.2) is 45.6 Å². The summed E-state index contributed by atoms with van der Waals surface area (Å²) < 4.78 is 29.2. The summed E-state index contributed by atoms with van der Waals surface area (Å²) in [6.07, 6.45) is 0. The van der Waals surface area contributed by atoms with Crippen LogP contribution >= 0.6 is 11.6 Å². The summed E-state index contributed by atoms with van der Waals surface area (Å²) in [5.74, 6) is -1.17. The van der Waals surface area contributed by atoms with Gasteiger partial charge in [-0.15, -0.1) is 5.10 Å². The maximum Gasteiger partial charge on any atom is 0.437 e. The molecule has 0 bridgehead atoms. The molecule has 2 aromatic carbocycles. The van der Waals surface area contributed by atoms with Gasteiger partial charge in [0.2, 0.25) is 11.8 Å². The quantitative estimate of drug-likeness (QED) is 0.675. The summed E-state index contributed by atoms with van der Waals surface area (Å²) in [6.45, 7) is -0.405. The summed E-state index contributed by atoms with van der Waals surface area (Å²) in [5.41, 5.74) is 0.714. The second kappa shape index (κ2) is 8.13. The van der Waals surface area contributed by atoms with Crippen LogP contribution in [0, 0.1) is 5.82 Å². The monoisotopic (exact) mass is 407 g/mol. The van der Waals surface area contributed by atoms with E-state index in [-0.39, 0.29) is 5.89 Å². The molecule has 10 heteroatoms. The van der Waals surface area contributed by atoms with Gasteiger partial charge >= 0.3 is 5.76 Å². The number of nitrogens with zero attached hydrogens (tertiary/aromatic N) is 2. The molecular weight excluding hydrogens is 393 g/mol. The van der Waals surface area contributed by atoms with E-state index >= 15 is 0 Å². The highest BCUT2D eigenvalue weighted by Crippen LogP contribution is 2.35. The molecule has 8 nitrogen and oxygen atoms in total. The number of anilines is 1. The Morgan fingerprint density at radius 1 is 1.21 bits per heavy atom. The molecule has 28 heavy (non-hydrogen) atoms. The summed E-state index contributed by atoms with van der Waals surface area (Å²) in [6, 6.07) is 8.23. The summed E-state index contributed by atoms with van der Waals surface area (Å²) in [5, 5.41) is 6.87. The van der Waals surface area contributed by atoms with Gasteiger partial charge in [0, 0.05) is 17.7 Å². The second-order valence-corrected chi connectivity index (χ2v) is 5.98. The number of hydrogen-bond acceptors (Lipinski definition) is 6. The number of halogens is 2. The van der Waals surface area contributed by atoms with Crippen LogP contribution in [0.2, 0.25) is 5.02 Å². The SMILES string of the molecule is COc1cc(NC(=O)Cn2nc(-c3ccc(F)cc3)oc2=O)c(OC)cc1Cl. The van der Waals surface area contributed by atoms with Crippen LogP contribution in [0.3, 0.4) is 0 Å². The van der Waals surface area contributed by atoms with Crippen LogP contribution in [-0.2, 0) is 11.3 Å². The minimum absolute atomic E-state index is 0.0245. The third kappa shape index (κ3) is 4.15. The number of nitrogens with one attached hydrogen (secondary N) is 1. The molecule has 0 fully saturated rings. The maximum absolute atomic E-state index is 13.0. The average molecular weight is 408 g/mol. The van der Waals surface area contributed by atoms with E-state index in [1.165, 1.54) is 50.6 Å². The summed E-state index contributed by atoms with van der Waals surface area (Å²) in [7, 11) is 2.86. The molecule has 0 atom stereocenters. The lowest BCUT2D eigenvalue weighted by Gasteiger charge is -2.12. The molecular formula is C18H15ClFN3O5. The Bertz CT molecular complexity index is 1060. The van der Waals surface area contributed by atoms with Crippen LogP contribution < -0.4 is 20.5 Å². The summed E-state index contributed by atoms with van der Waals surface area (Å²) >= 11 is 6.03. The van der Waals surface area contributed by atoms with Crippen molar-refractivity contribution in [3.63, 3.8) is 0 Å². The van der Waals surface area contributed by atoms with Gasteiger partial charge in [0.05, 0.1) is 24.9 Å². The lowest BCUT2D eigenvalue weighted by molar-refractivity contribution is -0.117. The number of amides is 1. The minimum atomic E-state index is -0.824. The summed E-state index contributed by atoms with van der Waals surface area (Å²) in [4.78, 5) is 24.3. The predicted molar refractivity (Wildman–Crippen MR) is 99.3 cm³/mol. The van der Waals surface area contributed by atoms with Crippen LogP contribution in [0.5, 0.6) is 11.5 Å². The Morgan fingerprint density at radius 3 is 2.54 bits per heavy atom.